The fourth-order valence-electron chi connectivity index (χ4n) is 3.85. The number of fused-ring (bicyclic) bond motifs is 1. The van der Waals surface area contributed by atoms with E-state index >= 15 is 0 Å². The number of rotatable bonds is 5. The number of piperidine rings is 1. The Labute approximate surface area is 178 Å². The van der Waals surface area contributed by atoms with Crippen LogP contribution < -0.4 is 10.9 Å². The molecule has 0 radical (unpaired) electrons. The zero-order valence-corrected chi connectivity index (χ0v) is 17.7. The first-order valence-electron chi connectivity index (χ1n) is 10.3. The number of aromatic nitrogens is 2. The van der Waals surface area contributed by atoms with E-state index in [1.807, 2.05) is 4.81 Å². The van der Waals surface area contributed by atoms with Crippen LogP contribution in [0.15, 0.2) is 23.0 Å². The van der Waals surface area contributed by atoms with Crippen molar-refractivity contribution in [2.45, 2.75) is 58.2 Å². The van der Waals surface area contributed by atoms with E-state index < -0.39 is 24.3 Å². The largest absolute Gasteiger partial charge is 0.437 e. The Bertz CT molecular complexity index is 1020. The molecule has 1 aliphatic rings. The number of hydrogen-bond donors (Lipinski definition) is 2. The Morgan fingerprint density at radius 2 is 1.94 bits per heavy atom. The molecule has 3 rings (SSSR count). The monoisotopic (exact) mass is 438 g/mol. The van der Waals surface area contributed by atoms with Crippen LogP contribution >= 0.6 is 0 Å². The summed E-state index contributed by atoms with van der Waals surface area (Å²) in [5, 5.41) is 17.0. The van der Waals surface area contributed by atoms with Crippen molar-refractivity contribution in [3.05, 3.63) is 39.8 Å². The predicted molar refractivity (Wildman–Crippen MR) is 112 cm³/mol. The number of amides is 1. The molecule has 11 heteroatoms. The summed E-state index contributed by atoms with van der Waals surface area (Å²) in [5.74, 6) is -0.628. The summed E-state index contributed by atoms with van der Waals surface area (Å²) in [6, 6.07) is 2.89. The molecule has 1 aromatic carbocycles. The highest BCUT2D eigenvalue weighted by Crippen LogP contribution is 2.32. The Morgan fingerprint density at radius 3 is 2.48 bits per heavy atom. The van der Waals surface area contributed by atoms with E-state index in [9.17, 15) is 27.8 Å². The van der Waals surface area contributed by atoms with Crippen molar-refractivity contribution in [2.75, 3.05) is 13.1 Å². The highest BCUT2D eigenvalue weighted by molar-refractivity contribution is 6.45. The van der Waals surface area contributed by atoms with Gasteiger partial charge in [0, 0.05) is 11.4 Å². The SMILES string of the molecule is CB(O)N1CCC(NC(=O)Cn2nc(C(C)C)c3cc(C(F)(F)F)ccc3c2=O)CC1. The summed E-state index contributed by atoms with van der Waals surface area (Å²) < 4.78 is 40.4. The molecule has 0 aliphatic carbocycles. The molecule has 2 heterocycles. The van der Waals surface area contributed by atoms with Crippen LogP contribution in [-0.2, 0) is 17.5 Å². The van der Waals surface area contributed by atoms with Crippen LogP contribution in [0.5, 0.6) is 0 Å². The number of nitrogens with one attached hydrogen (secondary N) is 1. The standard InChI is InChI=1S/C20H26BF3N4O3/c1-12(2)18-16-10-13(20(22,23)24)4-5-15(16)19(30)28(26-18)11-17(29)25-14-6-8-27(9-7-14)21(3)31/h4-5,10,12,14,31H,6-9,11H2,1-3H3,(H,25,29). The van der Waals surface area contributed by atoms with Gasteiger partial charge < -0.3 is 15.2 Å². The van der Waals surface area contributed by atoms with Gasteiger partial charge in [-0.05, 0) is 56.9 Å². The highest BCUT2D eigenvalue weighted by atomic mass is 19.4. The maximum atomic E-state index is 13.1. The molecule has 2 N–H and O–H groups in total. The average molecular weight is 438 g/mol. The lowest BCUT2D eigenvalue weighted by atomic mass is 9.82. The number of benzene rings is 1. The smallest absolute Gasteiger partial charge is 0.416 e. The number of carbonyl (C=O) groups is 1. The van der Waals surface area contributed by atoms with Gasteiger partial charge in [-0.3, -0.25) is 9.59 Å². The molecule has 1 fully saturated rings. The van der Waals surface area contributed by atoms with Crippen molar-refractivity contribution < 1.29 is 23.0 Å². The predicted octanol–water partition coefficient (Wildman–Crippen LogP) is 2.23. The van der Waals surface area contributed by atoms with Gasteiger partial charge in [0.2, 0.25) is 5.91 Å². The Hall–Kier alpha value is -2.40. The lowest BCUT2D eigenvalue weighted by molar-refractivity contribution is -0.137. The minimum atomic E-state index is -4.53. The van der Waals surface area contributed by atoms with Gasteiger partial charge in [0.25, 0.3) is 5.56 Å². The van der Waals surface area contributed by atoms with Crippen molar-refractivity contribution in [3.63, 3.8) is 0 Å². The van der Waals surface area contributed by atoms with Crippen molar-refractivity contribution >= 4 is 23.7 Å². The number of nitrogens with zero attached hydrogens (tertiary/aromatic N) is 3. The van der Waals surface area contributed by atoms with E-state index in [0.717, 1.165) is 22.9 Å². The third kappa shape index (κ3) is 5.27. The molecule has 0 atom stereocenters. The number of halogens is 3. The van der Waals surface area contributed by atoms with Gasteiger partial charge in [0.1, 0.15) is 6.54 Å². The average Bonchev–Trinajstić information content (AvgIpc) is 2.69. The fourth-order valence-corrected chi connectivity index (χ4v) is 3.85. The molecular weight excluding hydrogens is 412 g/mol. The molecule has 0 bridgehead atoms. The molecule has 2 aromatic rings. The molecule has 0 saturated carbocycles. The summed E-state index contributed by atoms with van der Waals surface area (Å²) in [7, 11) is -0.538. The van der Waals surface area contributed by atoms with Crippen molar-refractivity contribution in [1.82, 2.24) is 19.9 Å². The topological polar surface area (TPSA) is 87.5 Å². The van der Waals surface area contributed by atoms with Gasteiger partial charge in [-0.15, -0.1) is 0 Å². The van der Waals surface area contributed by atoms with Crippen LogP contribution in [0, 0.1) is 0 Å². The van der Waals surface area contributed by atoms with E-state index in [0.29, 0.717) is 31.6 Å². The Morgan fingerprint density at radius 1 is 1.29 bits per heavy atom. The third-order valence-electron chi connectivity index (χ3n) is 5.58. The molecule has 1 saturated heterocycles. The number of hydrogen-bond acceptors (Lipinski definition) is 5. The van der Waals surface area contributed by atoms with Gasteiger partial charge in [-0.2, -0.15) is 18.3 Å². The molecular formula is C20H26BF3N4O3. The van der Waals surface area contributed by atoms with Crippen LogP contribution in [0.2, 0.25) is 6.82 Å². The van der Waals surface area contributed by atoms with Crippen molar-refractivity contribution in [1.29, 1.82) is 0 Å². The molecule has 0 unspecified atom stereocenters. The second-order valence-corrected chi connectivity index (χ2v) is 8.27. The van der Waals surface area contributed by atoms with E-state index in [1.165, 1.54) is 0 Å². The normalized spacial score (nSPS) is 16.1. The van der Waals surface area contributed by atoms with E-state index in [-0.39, 0.29) is 35.2 Å². The minimum Gasteiger partial charge on any atom is -0.437 e. The minimum absolute atomic E-state index is 0.0717. The lowest BCUT2D eigenvalue weighted by Crippen LogP contribution is -2.49. The Kier molecular flexibility index (Phi) is 6.75. The first-order chi connectivity index (χ1) is 14.5. The van der Waals surface area contributed by atoms with E-state index in [1.54, 1.807) is 20.7 Å². The summed E-state index contributed by atoms with van der Waals surface area (Å²) >= 11 is 0. The molecule has 31 heavy (non-hydrogen) atoms. The molecule has 0 spiro atoms. The molecule has 1 aliphatic heterocycles. The van der Waals surface area contributed by atoms with Gasteiger partial charge in [-0.1, -0.05) is 13.8 Å². The highest BCUT2D eigenvalue weighted by Gasteiger charge is 2.31. The second kappa shape index (κ2) is 9.00. The third-order valence-corrected chi connectivity index (χ3v) is 5.58. The van der Waals surface area contributed by atoms with E-state index in [4.69, 9.17) is 0 Å². The second-order valence-electron chi connectivity index (χ2n) is 8.27. The van der Waals surface area contributed by atoms with Crippen LogP contribution in [0.1, 0.15) is 43.9 Å². The number of alkyl halides is 3. The first kappa shape index (κ1) is 23.3. The van der Waals surface area contributed by atoms with Gasteiger partial charge in [0.05, 0.1) is 16.6 Å². The zero-order valence-electron chi connectivity index (χ0n) is 17.7. The molecule has 7 nitrogen and oxygen atoms in total. The van der Waals surface area contributed by atoms with Crippen LogP contribution in [0.3, 0.4) is 0 Å². The van der Waals surface area contributed by atoms with Crippen molar-refractivity contribution in [2.24, 2.45) is 0 Å². The van der Waals surface area contributed by atoms with Crippen LogP contribution in [0.25, 0.3) is 10.8 Å². The summed E-state index contributed by atoms with van der Waals surface area (Å²) in [4.78, 5) is 27.2. The fraction of sp³-hybridized carbons (Fsp3) is 0.550. The van der Waals surface area contributed by atoms with Gasteiger partial charge in [0.15, 0.2) is 0 Å². The first-order valence-corrected chi connectivity index (χ1v) is 10.3. The van der Waals surface area contributed by atoms with Gasteiger partial charge >= 0.3 is 13.2 Å². The lowest BCUT2D eigenvalue weighted by Gasteiger charge is -2.32. The summed E-state index contributed by atoms with van der Waals surface area (Å²) in [6.45, 7) is 6.22. The van der Waals surface area contributed by atoms with E-state index in [2.05, 4.69) is 10.4 Å². The van der Waals surface area contributed by atoms with Crippen molar-refractivity contribution in [3.8, 4) is 0 Å². The zero-order chi connectivity index (χ0) is 22.9. The van der Waals surface area contributed by atoms with Crippen LogP contribution in [-0.4, -0.2) is 51.7 Å². The van der Waals surface area contributed by atoms with Gasteiger partial charge in [-0.25, -0.2) is 4.68 Å². The summed E-state index contributed by atoms with van der Waals surface area (Å²) in [6.07, 6.45) is -3.18. The molecule has 1 amide bonds. The number of carbonyl (C=O) groups excluding carboxylic acids is 1. The van der Waals surface area contributed by atoms with Crippen LogP contribution in [0.4, 0.5) is 13.2 Å². The Balaban J connectivity index is 1.83. The molecule has 168 valence electrons. The maximum Gasteiger partial charge on any atom is 0.416 e. The quantitative estimate of drug-likeness (QED) is 0.700. The maximum absolute atomic E-state index is 13.1. The summed E-state index contributed by atoms with van der Waals surface area (Å²) in [5.41, 5.74) is -1.12. The molecule has 1 aromatic heterocycles.